The Labute approximate surface area is 94.5 Å². The number of nitrogens with zero attached hydrogens (tertiary/aromatic N) is 1. The normalized spacial score (nSPS) is 16.1. The number of aromatic hydroxyl groups is 1. The molecule has 1 aromatic rings. The fourth-order valence-corrected chi connectivity index (χ4v) is 1.64. The number of benzene rings is 1. The second-order valence-electron chi connectivity index (χ2n) is 3.23. The van der Waals surface area contributed by atoms with Crippen molar-refractivity contribution in [2.24, 2.45) is 0 Å². The average Bonchev–Trinajstić information content (AvgIpc) is 2.20. The van der Waals surface area contributed by atoms with E-state index in [4.69, 9.17) is 0 Å². The maximum atomic E-state index is 9.60. The molecule has 2 N–H and O–H groups in total. The van der Waals surface area contributed by atoms with Crippen LogP contribution in [0.3, 0.4) is 0 Å². The molecule has 0 atom stereocenters. The lowest BCUT2D eigenvalue weighted by Crippen LogP contribution is -2.43. The van der Waals surface area contributed by atoms with Gasteiger partial charge in [0.1, 0.15) is 5.75 Å². The standard InChI is InChI=1S/C10H14N2O.BrH/c13-10-4-2-1-3-9(10)12-7-5-11-6-8-12;/h1-4,11,13H,5-8H2;1H. The first-order chi connectivity index (χ1) is 6.38. The maximum absolute atomic E-state index is 9.60. The molecule has 0 unspecified atom stereocenters. The van der Waals surface area contributed by atoms with E-state index in [-0.39, 0.29) is 17.0 Å². The molecule has 0 saturated carbocycles. The molecule has 1 saturated heterocycles. The third-order valence-electron chi connectivity index (χ3n) is 2.34. The van der Waals surface area contributed by atoms with E-state index in [2.05, 4.69) is 10.2 Å². The summed E-state index contributed by atoms with van der Waals surface area (Å²) in [5, 5.41) is 12.9. The number of rotatable bonds is 1. The van der Waals surface area contributed by atoms with Gasteiger partial charge in [-0.15, -0.1) is 17.0 Å². The summed E-state index contributed by atoms with van der Waals surface area (Å²) in [5.74, 6) is 0.379. The number of phenolic OH excluding ortho intramolecular Hbond substituents is 1. The Morgan fingerprint density at radius 3 is 2.43 bits per heavy atom. The highest BCUT2D eigenvalue weighted by Gasteiger charge is 2.12. The average molecular weight is 259 g/mol. The fourth-order valence-electron chi connectivity index (χ4n) is 1.64. The van der Waals surface area contributed by atoms with E-state index in [0.29, 0.717) is 5.75 Å². The van der Waals surface area contributed by atoms with Crippen LogP contribution in [-0.4, -0.2) is 31.3 Å². The molecule has 3 nitrogen and oxygen atoms in total. The SMILES string of the molecule is Br.Oc1ccccc1N1CCNCC1. The number of halogens is 1. The molecule has 78 valence electrons. The minimum atomic E-state index is 0. The summed E-state index contributed by atoms with van der Waals surface area (Å²) in [4.78, 5) is 2.20. The summed E-state index contributed by atoms with van der Waals surface area (Å²) < 4.78 is 0. The number of anilines is 1. The molecule has 1 aliphatic heterocycles. The number of phenols is 1. The Kier molecular flexibility index (Phi) is 4.22. The van der Waals surface area contributed by atoms with Crippen molar-refractivity contribution in [2.45, 2.75) is 0 Å². The Morgan fingerprint density at radius 1 is 1.14 bits per heavy atom. The molecule has 4 heteroatoms. The van der Waals surface area contributed by atoms with Crippen LogP contribution >= 0.6 is 17.0 Å². The number of hydrogen-bond acceptors (Lipinski definition) is 3. The van der Waals surface area contributed by atoms with E-state index in [1.807, 2.05) is 18.2 Å². The van der Waals surface area contributed by atoms with Gasteiger partial charge in [0.15, 0.2) is 0 Å². The minimum absolute atomic E-state index is 0. The summed E-state index contributed by atoms with van der Waals surface area (Å²) in [6.07, 6.45) is 0. The van der Waals surface area contributed by atoms with Crippen molar-refractivity contribution in [3.05, 3.63) is 24.3 Å². The maximum Gasteiger partial charge on any atom is 0.138 e. The second-order valence-corrected chi connectivity index (χ2v) is 3.23. The first-order valence-corrected chi connectivity index (χ1v) is 4.61. The number of hydrogen-bond donors (Lipinski definition) is 2. The van der Waals surface area contributed by atoms with Gasteiger partial charge in [-0.25, -0.2) is 0 Å². The van der Waals surface area contributed by atoms with E-state index in [9.17, 15) is 5.11 Å². The van der Waals surface area contributed by atoms with Crippen LogP contribution < -0.4 is 10.2 Å². The van der Waals surface area contributed by atoms with Gasteiger partial charge in [-0.05, 0) is 12.1 Å². The molecule has 0 amide bonds. The molecular formula is C10H15BrN2O. The van der Waals surface area contributed by atoms with Gasteiger partial charge in [0.05, 0.1) is 5.69 Å². The number of nitrogens with one attached hydrogen (secondary N) is 1. The Balaban J connectivity index is 0.000000980. The van der Waals surface area contributed by atoms with Gasteiger partial charge in [0, 0.05) is 26.2 Å². The van der Waals surface area contributed by atoms with Gasteiger partial charge >= 0.3 is 0 Å². The predicted molar refractivity (Wildman–Crippen MR) is 63.5 cm³/mol. The van der Waals surface area contributed by atoms with E-state index in [0.717, 1.165) is 31.9 Å². The summed E-state index contributed by atoms with van der Waals surface area (Å²) in [7, 11) is 0. The number of para-hydroxylation sites is 2. The van der Waals surface area contributed by atoms with E-state index >= 15 is 0 Å². The fraction of sp³-hybridized carbons (Fsp3) is 0.400. The Morgan fingerprint density at radius 2 is 1.79 bits per heavy atom. The molecule has 2 rings (SSSR count). The van der Waals surface area contributed by atoms with Gasteiger partial charge in [0.25, 0.3) is 0 Å². The second kappa shape index (κ2) is 5.22. The molecule has 1 aliphatic rings. The quantitative estimate of drug-likeness (QED) is 0.799. The number of piperazine rings is 1. The van der Waals surface area contributed by atoms with Crippen molar-refractivity contribution in [1.29, 1.82) is 0 Å². The molecule has 0 aromatic heterocycles. The molecule has 14 heavy (non-hydrogen) atoms. The van der Waals surface area contributed by atoms with Crippen molar-refractivity contribution in [3.63, 3.8) is 0 Å². The van der Waals surface area contributed by atoms with Gasteiger partial charge in [-0.1, -0.05) is 12.1 Å². The highest BCUT2D eigenvalue weighted by molar-refractivity contribution is 8.93. The van der Waals surface area contributed by atoms with Crippen LogP contribution in [0.15, 0.2) is 24.3 Å². The lowest BCUT2D eigenvalue weighted by Gasteiger charge is -2.29. The van der Waals surface area contributed by atoms with Gasteiger partial charge in [0.2, 0.25) is 0 Å². The molecular weight excluding hydrogens is 244 g/mol. The van der Waals surface area contributed by atoms with Crippen molar-refractivity contribution in [2.75, 3.05) is 31.1 Å². The molecule has 0 aliphatic carbocycles. The monoisotopic (exact) mass is 258 g/mol. The topological polar surface area (TPSA) is 35.5 Å². The molecule has 1 heterocycles. The smallest absolute Gasteiger partial charge is 0.138 e. The molecule has 0 radical (unpaired) electrons. The van der Waals surface area contributed by atoms with E-state index in [1.165, 1.54) is 0 Å². The van der Waals surface area contributed by atoms with Crippen molar-refractivity contribution in [1.82, 2.24) is 5.32 Å². The van der Waals surface area contributed by atoms with Crippen LogP contribution in [0.2, 0.25) is 0 Å². The zero-order valence-electron chi connectivity index (χ0n) is 7.94. The van der Waals surface area contributed by atoms with Gasteiger partial charge in [-0.2, -0.15) is 0 Å². The largest absolute Gasteiger partial charge is 0.506 e. The molecule has 0 bridgehead atoms. The minimum Gasteiger partial charge on any atom is -0.506 e. The van der Waals surface area contributed by atoms with Crippen LogP contribution in [0.4, 0.5) is 5.69 Å². The summed E-state index contributed by atoms with van der Waals surface area (Å²) in [6.45, 7) is 3.93. The van der Waals surface area contributed by atoms with Gasteiger partial charge < -0.3 is 15.3 Å². The van der Waals surface area contributed by atoms with Crippen molar-refractivity contribution in [3.8, 4) is 5.75 Å². The van der Waals surface area contributed by atoms with Crippen molar-refractivity contribution < 1.29 is 5.11 Å². The van der Waals surface area contributed by atoms with Crippen LogP contribution in [0.25, 0.3) is 0 Å². The Bertz CT molecular complexity index is 287. The molecule has 1 aromatic carbocycles. The van der Waals surface area contributed by atoms with Crippen LogP contribution in [0.1, 0.15) is 0 Å². The lowest BCUT2D eigenvalue weighted by atomic mass is 10.2. The molecule has 0 spiro atoms. The van der Waals surface area contributed by atoms with Crippen molar-refractivity contribution >= 4 is 22.7 Å². The summed E-state index contributed by atoms with van der Waals surface area (Å²) >= 11 is 0. The van der Waals surface area contributed by atoms with E-state index in [1.54, 1.807) is 6.07 Å². The first-order valence-electron chi connectivity index (χ1n) is 4.61. The van der Waals surface area contributed by atoms with Crippen LogP contribution in [-0.2, 0) is 0 Å². The first kappa shape index (κ1) is 11.3. The third kappa shape index (κ3) is 2.39. The van der Waals surface area contributed by atoms with Gasteiger partial charge in [-0.3, -0.25) is 0 Å². The highest BCUT2D eigenvalue weighted by Crippen LogP contribution is 2.26. The highest BCUT2D eigenvalue weighted by atomic mass is 79.9. The zero-order valence-corrected chi connectivity index (χ0v) is 9.65. The lowest BCUT2D eigenvalue weighted by molar-refractivity contribution is 0.470. The van der Waals surface area contributed by atoms with Crippen LogP contribution in [0.5, 0.6) is 5.75 Å². The summed E-state index contributed by atoms with van der Waals surface area (Å²) in [5.41, 5.74) is 0.948. The predicted octanol–water partition coefficient (Wildman–Crippen LogP) is 1.38. The summed E-state index contributed by atoms with van der Waals surface area (Å²) in [6, 6.07) is 7.50. The molecule has 1 fully saturated rings. The Hall–Kier alpha value is -0.740. The van der Waals surface area contributed by atoms with E-state index < -0.39 is 0 Å². The third-order valence-corrected chi connectivity index (χ3v) is 2.34. The van der Waals surface area contributed by atoms with Crippen LogP contribution in [0, 0.1) is 0 Å². The zero-order chi connectivity index (χ0) is 9.10.